The van der Waals surface area contributed by atoms with Crippen molar-refractivity contribution in [1.82, 2.24) is 0 Å². The monoisotopic (exact) mass is 326 g/mol. The number of thioether (sulfide) groups is 1. The summed E-state index contributed by atoms with van der Waals surface area (Å²) in [5.41, 5.74) is 2.29. The lowest BCUT2D eigenvalue weighted by molar-refractivity contribution is 0.379. The van der Waals surface area contributed by atoms with Crippen LogP contribution in [0.25, 0.3) is 11.3 Å². The summed E-state index contributed by atoms with van der Waals surface area (Å²) in [5.74, 6) is 1.36. The molecule has 0 radical (unpaired) electrons. The molecule has 2 aromatic rings. The van der Waals surface area contributed by atoms with Gasteiger partial charge in [-0.25, -0.2) is 0 Å². The van der Waals surface area contributed by atoms with E-state index in [1.165, 1.54) is 10.5 Å². The van der Waals surface area contributed by atoms with Crippen LogP contribution in [-0.2, 0) is 0 Å². The van der Waals surface area contributed by atoms with Crippen molar-refractivity contribution in [3.05, 3.63) is 64.8 Å². The average molecular weight is 326 g/mol. The van der Waals surface area contributed by atoms with Gasteiger partial charge in [0.25, 0.3) is 0 Å². The molecule has 3 heteroatoms. The summed E-state index contributed by atoms with van der Waals surface area (Å²) in [6.45, 7) is 6.53. The summed E-state index contributed by atoms with van der Waals surface area (Å²) in [7, 11) is 0. The predicted molar refractivity (Wildman–Crippen MR) is 96.4 cm³/mol. The SMILES string of the molecule is CC(C)(C)C1=C(Sc2ccc(-c3ccccc3)o2)CCC(O)=C1. The van der Waals surface area contributed by atoms with Crippen LogP contribution in [0.1, 0.15) is 33.6 Å². The van der Waals surface area contributed by atoms with E-state index >= 15 is 0 Å². The molecule has 0 bridgehead atoms. The lowest BCUT2D eigenvalue weighted by Gasteiger charge is -2.27. The number of furan rings is 1. The van der Waals surface area contributed by atoms with Gasteiger partial charge in [-0.2, -0.15) is 0 Å². The van der Waals surface area contributed by atoms with Crippen molar-refractivity contribution in [1.29, 1.82) is 0 Å². The van der Waals surface area contributed by atoms with E-state index in [0.717, 1.165) is 22.8 Å². The summed E-state index contributed by atoms with van der Waals surface area (Å²) in [5, 5.41) is 10.8. The Bertz CT molecular complexity index is 745. The lowest BCUT2D eigenvalue weighted by atomic mass is 9.83. The zero-order chi connectivity index (χ0) is 16.4. The van der Waals surface area contributed by atoms with Crippen LogP contribution in [0.3, 0.4) is 0 Å². The van der Waals surface area contributed by atoms with Gasteiger partial charge in [0.2, 0.25) is 0 Å². The van der Waals surface area contributed by atoms with Crippen LogP contribution in [0.4, 0.5) is 0 Å². The minimum absolute atomic E-state index is 0.00554. The number of rotatable bonds is 3. The van der Waals surface area contributed by atoms with E-state index in [2.05, 4.69) is 32.9 Å². The van der Waals surface area contributed by atoms with Crippen LogP contribution in [0.5, 0.6) is 0 Å². The summed E-state index contributed by atoms with van der Waals surface area (Å²) in [6.07, 6.45) is 3.49. The van der Waals surface area contributed by atoms with E-state index in [1.807, 2.05) is 36.4 Å². The second-order valence-corrected chi connectivity index (χ2v) is 7.91. The van der Waals surface area contributed by atoms with Gasteiger partial charge in [-0.3, -0.25) is 0 Å². The number of aliphatic hydroxyl groups excluding tert-OH is 1. The molecule has 1 aliphatic carbocycles. The van der Waals surface area contributed by atoms with Gasteiger partial charge in [-0.05, 0) is 40.5 Å². The fraction of sp³-hybridized carbons (Fsp3) is 0.300. The zero-order valence-electron chi connectivity index (χ0n) is 13.8. The van der Waals surface area contributed by atoms with Gasteiger partial charge < -0.3 is 9.52 Å². The number of allylic oxidation sites excluding steroid dienone is 4. The van der Waals surface area contributed by atoms with Crippen LogP contribution in [-0.4, -0.2) is 5.11 Å². The molecule has 1 heterocycles. The summed E-state index contributed by atoms with van der Waals surface area (Å²) in [4.78, 5) is 1.28. The van der Waals surface area contributed by atoms with Crippen molar-refractivity contribution >= 4 is 11.8 Å². The molecule has 0 saturated carbocycles. The first kappa shape index (κ1) is 16.0. The van der Waals surface area contributed by atoms with Gasteiger partial charge in [-0.15, -0.1) is 0 Å². The van der Waals surface area contributed by atoms with Crippen molar-refractivity contribution in [3.63, 3.8) is 0 Å². The normalized spacial score (nSPS) is 15.7. The highest BCUT2D eigenvalue weighted by Gasteiger charge is 2.24. The smallest absolute Gasteiger partial charge is 0.165 e. The number of benzene rings is 1. The Kier molecular flexibility index (Phi) is 4.40. The molecule has 23 heavy (non-hydrogen) atoms. The molecule has 1 aromatic carbocycles. The van der Waals surface area contributed by atoms with Crippen LogP contribution < -0.4 is 0 Å². The molecule has 0 aliphatic heterocycles. The minimum atomic E-state index is 0.00554. The fourth-order valence-electron chi connectivity index (χ4n) is 2.69. The molecular formula is C20H22O2S. The van der Waals surface area contributed by atoms with Gasteiger partial charge in [0.15, 0.2) is 5.09 Å². The van der Waals surface area contributed by atoms with E-state index in [-0.39, 0.29) is 5.41 Å². The largest absolute Gasteiger partial charge is 0.512 e. The Morgan fingerprint density at radius 1 is 1.00 bits per heavy atom. The third-order valence-corrected chi connectivity index (χ3v) is 4.98. The molecule has 0 saturated heterocycles. The molecule has 0 fully saturated rings. The topological polar surface area (TPSA) is 33.4 Å². The first-order chi connectivity index (χ1) is 10.9. The van der Waals surface area contributed by atoms with E-state index < -0.39 is 0 Å². The fourth-order valence-corrected chi connectivity index (χ4v) is 3.88. The highest BCUT2D eigenvalue weighted by Crippen LogP contribution is 2.43. The van der Waals surface area contributed by atoms with Crippen molar-refractivity contribution in [3.8, 4) is 11.3 Å². The van der Waals surface area contributed by atoms with Gasteiger partial charge in [-0.1, -0.05) is 62.9 Å². The number of aliphatic hydroxyl groups is 1. The summed E-state index contributed by atoms with van der Waals surface area (Å²) >= 11 is 1.67. The number of hydrogen-bond acceptors (Lipinski definition) is 3. The zero-order valence-corrected chi connectivity index (χ0v) is 14.6. The molecule has 1 aromatic heterocycles. The Morgan fingerprint density at radius 2 is 1.74 bits per heavy atom. The first-order valence-electron chi connectivity index (χ1n) is 7.90. The molecule has 1 N–H and O–H groups in total. The Labute approximate surface area is 141 Å². The maximum atomic E-state index is 9.87. The predicted octanol–water partition coefficient (Wildman–Crippen LogP) is 6.57. The Balaban J connectivity index is 1.88. The minimum Gasteiger partial charge on any atom is -0.512 e. The third-order valence-electron chi connectivity index (χ3n) is 3.89. The first-order valence-corrected chi connectivity index (χ1v) is 8.71. The molecule has 0 unspecified atom stereocenters. The van der Waals surface area contributed by atoms with Gasteiger partial charge >= 0.3 is 0 Å². The van der Waals surface area contributed by atoms with E-state index in [4.69, 9.17) is 4.42 Å². The van der Waals surface area contributed by atoms with E-state index in [9.17, 15) is 5.11 Å². The highest BCUT2D eigenvalue weighted by atomic mass is 32.2. The number of hydrogen-bond donors (Lipinski definition) is 1. The molecule has 0 atom stereocenters. The van der Waals surface area contributed by atoms with Crippen molar-refractivity contribution in [2.75, 3.05) is 0 Å². The van der Waals surface area contributed by atoms with Crippen LogP contribution in [0, 0.1) is 5.41 Å². The maximum Gasteiger partial charge on any atom is 0.165 e. The molecule has 120 valence electrons. The molecule has 3 rings (SSSR count). The second-order valence-electron chi connectivity index (χ2n) is 6.81. The summed E-state index contributed by atoms with van der Waals surface area (Å²) < 4.78 is 6.01. The van der Waals surface area contributed by atoms with E-state index in [1.54, 1.807) is 11.8 Å². The van der Waals surface area contributed by atoms with Crippen LogP contribution >= 0.6 is 11.8 Å². The van der Waals surface area contributed by atoms with Crippen LogP contribution in [0.2, 0.25) is 0 Å². The second kappa shape index (κ2) is 6.32. The Morgan fingerprint density at radius 3 is 2.43 bits per heavy atom. The maximum absolute atomic E-state index is 9.87. The molecule has 2 nitrogen and oxygen atoms in total. The quantitative estimate of drug-likeness (QED) is 0.692. The van der Waals surface area contributed by atoms with Crippen molar-refractivity contribution in [2.45, 2.75) is 38.7 Å². The Hall–Kier alpha value is -1.87. The lowest BCUT2D eigenvalue weighted by Crippen LogP contribution is -2.13. The van der Waals surface area contributed by atoms with Crippen molar-refractivity contribution in [2.24, 2.45) is 5.41 Å². The molecule has 0 spiro atoms. The average Bonchev–Trinajstić information content (AvgIpc) is 2.97. The highest BCUT2D eigenvalue weighted by molar-refractivity contribution is 8.03. The standard InChI is InChI=1S/C20H22O2S/c1-20(2,3)16-13-15(21)9-11-18(16)23-19-12-10-17(22-19)14-7-5-4-6-8-14/h4-8,10,12-13,21H,9,11H2,1-3H3. The van der Waals surface area contributed by atoms with Gasteiger partial charge in [0.05, 0.1) is 5.76 Å². The molecule has 0 amide bonds. The molecular weight excluding hydrogens is 304 g/mol. The molecule has 1 aliphatic rings. The van der Waals surface area contributed by atoms with Gasteiger partial charge in [0, 0.05) is 12.0 Å². The van der Waals surface area contributed by atoms with Crippen LogP contribution in [0.15, 0.2) is 74.3 Å². The summed E-state index contributed by atoms with van der Waals surface area (Å²) in [6, 6.07) is 14.2. The van der Waals surface area contributed by atoms with E-state index in [0.29, 0.717) is 12.2 Å². The third kappa shape index (κ3) is 3.73. The van der Waals surface area contributed by atoms with Gasteiger partial charge in [0.1, 0.15) is 5.76 Å². The van der Waals surface area contributed by atoms with Crippen molar-refractivity contribution < 1.29 is 9.52 Å².